The summed E-state index contributed by atoms with van der Waals surface area (Å²) in [6.45, 7) is 0.363. The van der Waals surface area contributed by atoms with Gasteiger partial charge in [-0.3, -0.25) is 4.90 Å². The maximum absolute atomic E-state index is 17.1. The Hall–Kier alpha value is -4.74. The third-order valence-electron chi connectivity index (χ3n) is 11.4. The number of benzene rings is 2. The number of halogens is 11. The van der Waals surface area contributed by atoms with Gasteiger partial charge >= 0.3 is 30.1 Å². The molecule has 0 saturated carbocycles. The Kier molecular flexibility index (Phi) is 9.20. The van der Waals surface area contributed by atoms with Crippen LogP contribution in [0, 0.1) is 24.0 Å². The number of alkyl halides is 9. The quantitative estimate of drug-likeness (QED) is 0.158. The van der Waals surface area contributed by atoms with Crippen LogP contribution in [-0.4, -0.2) is 106 Å². The molecule has 0 aliphatic carbocycles. The molecule has 3 saturated heterocycles. The molecule has 3 fully saturated rings. The third-order valence-corrected chi connectivity index (χ3v) is 11.4. The maximum Gasteiger partial charge on any atom is 0.435 e. The number of nitrogens with zero attached hydrogens (tertiary/aromatic N) is 5. The van der Waals surface area contributed by atoms with Crippen molar-refractivity contribution < 1.29 is 62.9 Å². The number of hydrogen-bond acceptors (Lipinski definition) is 9. The molecule has 4 aliphatic rings. The summed E-state index contributed by atoms with van der Waals surface area (Å²) in [6.07, 6.45) is -16.5. The highest BCUT2D eigenvalue weighted by atomic mass is 19.4. The summed E-state index contributed by atoms with van der Waals surface area (Å²) in [5, 5.41) is 14.5. The van der Waals surface area contributed by atoms with Gasteiger partial charge in [-0.05, 0) is 62.2 Å². The highest BCUT2D eigenvalue weighted by Gasteiger charge is 2.86. The minimum Gasteiger partial charge on any atom is -0.508 e. The Labute approximate surface area is 316 Å². The topological polar surface area (TPSA) is 95.9 Å². The van der Waals surface area contributed by atoms with Gasteiger partial charge in [0.1, 0.15) is 35.2 Å². The van der Waals surface area contributed by atoms with Crippen molar-refractivity contribution in [2.45, 2.75) is 73.9 Å². The highest BCUT2D eigenvalue weighted by Crippen LogP contribution is 2.57. The number of anilines is 1. The monoisotopic (exact) mass is 816 g/mol. The standard InChI is InChI=1S/C37H31F11N6O3/c1-2-22-24(38)6-4-18-12-20(55)13-23(26(18)22)29-28(39)30-27-25(50-29)7-5-19-15-49-9-11-54(19)31(27)52-32(51-30)56-17-33-8-3-10-53(33)16-21(14-33)57-34(35(40,41)42,36(43,44)45)37(46,47)48/h1,4,6,12-13,19,21,49,55H,3,5,7-11,14-17H2. The fourth-order valence-corrected chi connectivity index (χ4v) is 8.87. The number of aromatic nitrogens is 3. The van der Waals surface area contributed by atoms with Gasteiger partial charge in [0.15, 0.2) is 5.82 Å². The normalized spacial score (nSPS) is 23.1. The summed E-state index contributed by atoms with van der Waals surface area (Å²) in [6, 6.07) is 4.38. The second kappa shape index (κ2) is 13.4. The molecule has 0 amide bonds. The average Bonchev–Trinajstić information content (AvgIpc) is 3.62. The maximum atomic E-state index is 17.1. The highest BCUT2D eigenvalue weighted by molar-refractivity contribution is 6.03. The summed E-state index contributed by atoms with van der Waals surface area (Å²) in [5.74, 6) is 0.421. The van der Waals surface area contributed by atoms with E-state index < -0.39 is 73.0 Å². The summed E-state index contributed by atoms with van der Waals surface area (Å²) in [4.78, 5) is 17.0. The van der Waals surface area contributed by atoms with Crippen LogP contribution < -0.4 is 15.0 Å². The molecule has 0 radical (unpaired) electrons. The van der Waals surface area contributed by atoms with Gasteiger partial charge in [0, 0.05) is 43.2 Å². The Balaban J connectivity index is 1.21. The molecule has 4 aromatic rings. The van der Waals surface area contributed by atoms with Crippen molar-refractivity contribution in [2.24, 2.45) is 0 Å². The molecule has 6 heterocycles. The fourth-order valence-electron chi connectivity index (χ4n) is 8.87. The van der Waals surface area contributed by atoms with E-state index in [0.717, 1.165) is 6.07 Å². The Morgan fingerprint density at radius 3 is 2.40 bits per heavy atom. The molecule has 304 valence electrons. The van der Waals surface area contributed by atoms with Crippen LogP contribution in [0.3, 0.4) is 0 Å². The average molecular weight is 817 g/mol. The molecule has 9 nitrogen and oxygen atoms in total. The van der Waals surface area contributed by atoms with E-state index in [1.807, 2.05) is 4.90 Å². The van der Waals surface area contributed by atoms with Crippen molar-refractivity contribution in [3.8, 4) is 35.4 Å². The molecular formula is C37H31F11N6O3. The van der Waals surface area contributed by atoms with Crippen LogP contribution >= 0.6 is 0 Å². The minimum absolute atomic E-state index is 0.0375. The predicted molar refractivity (Wildman–Crippen MR) is 182 cm³/mol. The van der Waals surface area contributed by atoms with E-state index in [1.54, 1.807) is 0 Å². The zero-order valence-electron chi connectivity index (χ0n) is 29.5. The van der Waals surface area contributed by atoms with Crippen LogP contribution in [0.15, 0.2) is 24.3 Å². The van der Waals surface area contributed by atoms with Crippen LogP contribution in [0.5, 0.6) is 11.8 Å². The van der Waals surface area contributed by atoms with E-state index in [9.17, 15) is 49.0 Å². The SMILES string of the molecule is C#Cc1c(F)ccc2cc(O)cc(-c3nc4c5c(nc(OCC67CCCN6CC(OC(C(F)(F)F)(C(F)(F)F)C(F)(F)F)C7)nc5c3F)N3CCNCC3CC4)c12. The largest absolute Gasteiger partial charge is 0.508 e. The summed E-state index contributed by atoms with van der Waals surface area (Å²) in [7, 11) is 0. The van der Waals surface area contributed by atoms with Gasteiger partial charge in [-0.15, -0.1) is 6.42 Å². The number of phenols is 1. The molecule has 2 aromatic heterocycles. The van der Waals surface area contributed by atoms with Crippen LogP contribution in [0.2, 0.25) is 0 Å². The minimum atomic E-state index is -6.89. The van der Waals surface area contributed by atoms with Gasteiger partial charge in [-0.2, -0.15) is 49.5 Å². The molecule has 57 heavy (non-hydrogen) atoms. The van der Waals surface area contributed by atoms with Crippen LogP contribution in [0.4, 0.5) is 54.1 Å². The first-order chi connectivity index (χ1) is 26.8. The van der Waals surface area contributed by atoms with Gasteiger partial charge in [-0.1, -0.05) is 12.0 Å². The number of pyridine rings is 1. The number of ether oxygens (including phenoxy) is 2. The fraction of sp³-hybridized carbons (Fsp3) is 0.486. The summed E-state index contributed by atoms with van der Waals surface area (Å²) in [5.41, 5.74) is -8.31. The zero-order chi connectivity index (χ0) is 40.9. The van der Waals surface area contributed by atoms with E-state index in [1.165, 1.54) is 23.1 Å². The lowest BCUT2D eigenvalue weighted by Crippen LogP contribution is -2.68. The van der Waals surface area contributed by atoms with Crippen LogP contribution in [0.1, 0.15) is 36.9 Å². The number of phenolic OH excluding ortho intramolecular Hbond substituents is 1. The molecule has 2 N–H and O–H groups in total. The third kappa shape index (κ3) is 6.15. The number of piperazine rings is 1. The first-order valence-corrected chi connectivity index (χ1v) is 17.8. The molecule has 3 unspecified atom stereocenters. The number of nitrogens with one attached hydrogen (secondary N) is 1. The number of fused-ring (bicyclic) bond motifs is 4. The van der Waals surface area contributed by atoms with Gasteiger partial charge in [0.2, 0.25) is 0 Å². The predicted octanol–water partition coefficient (Wildman–Crippen LogP) is 6.96. The molecule has 3 atom stereocenters. The smallest absolute Gasteiger partial charge is 0.435 e. The van der Waals surface area contributed by atoms with Gasteiger partial charge in [0.05, 0.1) is 28.3 Å². The van der Waals surface area contributed by atoms with Gasteiger partial charge in [-0.25, -0.2) is 13.8 Å². The first kappa shape index (κ1) is 39.1. The first-order valence-electron chi connectivity index (χ1n) is 17.8. The Morgan fingerprint density at radius 1 is 0.965 bits per heavy atom. The number of hydrogen-bond donors (Lipinski definition) is 2. The lowest BCUT2D eigenvalue weighted by molar-refractivity contribution is -0.463. The van der Waals surface area contributed by atoms with E-state index >= 15 is 4.39 Å². The molecular weight excluding hydrogens is 785 g/mol. The molecule has 4 aliphatic heterocycles. The van der Waals surface area contributed by atoms with E-state index in [2.05, 4.69) is 30.9 Å². The summed E-state index contributed by atoms with van der Waals surface area (Å²) < 4.78 is 166. The van der Waals surface area contributed by atoms with E-state index in [0.29, 0.717) is 50.0 Å². The number of rotatable bonds is 6. The van der Waals surface area contributed by atoms with Crippen molar-refractivity contribution in [3.05, 3.63) is 47.2 Å². The van der Waals surface area contributed by atoms with Crippen molar-refractivity contribution in [3.63, 3.8) is 0 Å². The van der Waals surface area contributed by atoms with Gasteiger partial charge in [0.25, 0.3) is 0 Å². The lowest BCUT2D eigenvalue weighted by atomic mass is 9.93. The molecule has 0 spiro atoms. The Bertz CT molecular complexity index is 2270. The second-order valence-corrected chi connectivity index (χ2v) is 14.7. The van der Waals surface area contributed by atoms with Crippen LogP contribution in [-0.2, 0) is 11.2 Å². The van der Waals surface area contributed by atoms with Gasteiger partial charge < -0.3 is 24.8 Å². The van der Waals surface area contributed by atoms with Crippen molar-refractivity contribution in [1.29, 1.82) is 0 Å². The van der Waals surface area contributed by atoms with Crippen molar-refractivity contribution in [2.75, 3.05) is 44.2 Å². The molecule has 0 bridgehead atoms. The number of aromatic hydroxyl groups is 1. The van der Waals surface area contributed by atoms with Crippen molar-refractivity contribution in [1.82, 2.24) is 25.2 Å². The molecule has 8 rings (SSSR count). The summed E-state index contributed by atoms with van der Waals surface area (Å²) >= 11 is 0. The number of aryl methyl sites for hydroxylation is 1. The van der Waals surface area contributed by atoms with E-state index in [-0.39, 0.29) is 63.7 Å². The lowest BCUT2D eigenvalue weighted by Gasteiger charge is -2.40. The zero-order valence-corrected chi connectivity index (χ0v) is 29.5. The Morgan fingerprint density at radius 2 is 1.70 bits per heavy atom. The van der Waals surface area contributed by atoms with E-state index in [4.69, 9.17) is 11.2 Å². The number of terminal acetylenes is 1. The van der Waals surface area contributed by atoms with Crippen molar-refractivity contribution >= 4 is 27.5 Å². The molecule has 2 aromatic carbocycles. The molecule has 20 heteroatoms. The van der Waals surface area contributed by atoms with Crippen LogP contribution in [0.25, 0.3) is 32.9 Å². The second-order valence-electron chi connectivity index (χ2n) is 14.7.